The molecule has 1 aliphatic rings. The lowest BCUT2D eigenvalue weighted by Gasteiger charge is -2.15. The van der Waals surface area contributed by atoms with Gasteiger partial charge >= 0.3 is 5.97 Å². The lowest BCUT2D eigenvalue weighted by molar-refractivity contribution is -0.113. The molecule has 0 atom stereocenters. The number of halogens is 1. The van der Waals surface area contributed by atoms with E-state index in [2.05, 4.69) is 15.9 Å². The third-order valence-electron chi connectivity index (χ3n) is 3.43. The maximum atomic E-state index is 12.7. The molecule has 25 heavy (non-hydrogen) atoms. The predicted octanol–water partition coefficient (Wildman–Crippen LogP) is 4.26. The highest BCUT2D eigenvalue weighted by molar-refractivity contribution is 9.10. The molecule has 0 saturated carbocycles. The highest BCUT2D eigenvalue weighted by Gasteiger charge is 2.33. The normalized spacial score (nSPS) is 15.9. The lowest BCUT2D eigenvalue weighted by atomic mass is 10.1. The Balaban J connectivity index is 1.93. The number of carbonyl (C=O) groups excluding carboxylic acids is 1. The standard InChI is InChI=1S/C17H10BrNO4S2/c18-10-3-1-9(2-4-10)7-14-15(21)19(17(24)25-14)11-5-6-12(16(22)23)13(20)8-11/h1-8,20H,(H,22,23)/b14-7-. The third kappa shape index (κ3) is 3.60. The van der Waals surface area contributed by atoms with E-state index in [1.165, 1.54) is 23.1 Å². The van der Waals surface area contributed by atoms with Gasteiger partial charge in [-0.25, -0.2) is 4.79 Å². The van der Waals surface area contributed by atoms with Crippen LogP contribution in [0.15, 0.2) is 51.8 Å². The van der Waals surface area contributed by atoms with Gasteiger partial charge in [-0.2, -0.15) is 0 Å². The molecule has 1 amide bonds. The minimum atomic E-state index is -1.25. The van der Waals surface area contributed by atoms with E-state index in [0.717, 1.165) is 21.8 Å². The van der Waals surface area contributed by atoms with Gasteiger partial charge in [0, 0.05) is 10.5 Å². The molecule has 5 nitrogen and oxygen atoms in total. The smallest absolute Gasteiger partial charge is 0.339 e. The Hall–Kier alpha value is -2.16. The van der Waals surface area contributed by atoms with Crippen molar-refractivity contribution in [2.45, 2.75) is 0 Å². The summed E-state index contributed by atoms with van der Waals surface area (Å²) in [7, 11) is 0. The van der Waals surface area contributed by atoms with E-state index in [9.17, 15) is 14.7 Å². The zero-order valence-corrected chi connectivity index (χ0v) is 15.7. The second-order valence-corrected chi connectivity index (χ2v) is 7.67. The number of hydrogen-bond donors (Lipinski definition) is 2. The number of carboxylic acids is 1. The zero-order chi connectivity index (χ0) is 18.1. The van der Waals surface area contributed by atoms with Crippen LogP contribution in [0.25, 0.3) is 6.08 Å². The summed E-state index contributed by atoms with van der Waals surface area (Å²) in [6, 6.07) is 11.4. The summed E-state index contributed by atoms with van der Waals surface area (Å²) in [5.41, 5.74) is 0.941. The molecule has 8 heteroatoms. The van der Waals surface area contributed by atoms with Crippen LogP contribution in [0.1, 0.15) is 15.9 Å². The Labute approximate surface area is 161 Å². The number of nitrogens with zero attached hydrogens (tertiary/aromatic N) is 1. The number of thiocarbonyl (C=S) groups is 1. The molecule has 0 unspecified atom stereocenters. The van der Waals surface area contributed by atoms with Gasteiger partial charge < -0.3 is 10.2 Å². The van der Waals surface area contributed by atoms with Crippen molar-refractivity contribution in [3.05, 3.63) is 63.0 Å². The molecule has 0 bridgehead atoms. The largest absolute Gasteiger partial charge is 0.507 e. The Kier molecular flexibility index (Phi) is 4.94. The Morgan fingerprint density at radius 1 is 1.20 bits per heavy atom. The van der Waals surface area contributed by atoms with Gasteiger partial charge in [0.1, 0.15) is 11.3 Å². The summed E-state index contributed by atoms with van der Waals surface area (Å²) in [5.74, 6) is -1.99. The van der Waals surface area contributed by atoms with E-state index in [1.54, 1.807) is 6.08 Å². The highest BCUT2D eigenvalue weighted by atomic mass is 79.9. The first-order valence-electron chi connectivity index (χ1n) is 6.96. The number of aromatic carboxylic acids is 1. The SMILES string of the molecule is O=C(O)c1ccc(N2C(=O)/C(=C/c3ccc(Br)cc3)SC2=S)cc1O. The van der Waals surface area contributed by atoms with Crippen LogP contribution in [0.5, 0.6) is 5.75 Å². The molecule has 3 rings (SSSR count). The van der Waals surface area contributed by atoms with Crippen LogP contribution in [-0.2, 0) is 4.79 Å². The van der Waals surface area contributed by atoms with Crippen molar-refractivity contribution >= 4 is 67.9 Å². The molecule has 0 spiro atoms. The second kappa shape index (κ2) is 6.99. The summed E-state index contributed by atoms with van der Waals surface area (Å²) in [6.45, 7) is 0. The monoisotopic (exact) mass is 435 g/mol. The van der Waals surface area contributed by atoms with Crippen molar-refractivity contribution < 1.29 is 19.8 Å². The number of carbonyl (C=O) groups is 2. The molecular weight excluding hydrogens is 426 g/mol. The quantitative estimate of drug-likeness (QED) is 0.553. The fourth-order valence-electron chi connectivity index (χ4n) is 2.24. The molecule has 126 valence electrons. The molecule has 2 aromatic carbocycles. The molecule has 0 radical (unpaired) electrons. The van der Waals surface area contributed by atoms with Crippen molar-refractivity contribution in [1.82, 2.24) is 0 Å². The van der Waals surface area contributed by atoms with Crippen LogP contribution < -0.4 is 4.90 Å². The average molecular weight is 436 g/mol. The van der Waals surface area contributed by atoms with Gasteiger partial charge in [-0.1, -0.05) is 52.0 Å². The summed E-state index contributed by atoms with van der Waals surface area (Å²) in [6.07, 6.45) is 1.73. The Morgan fingerprint density at radius 3 is 2.48 bits per heavy atom. The molecular formula is C17H10BrNO4S2. The van der Waals surface area contributed by atoms with Crippen molar-refractivity contribution in [3.8, 4) is 5.75 Å². The van der Waals surface area contributed by atoms with Crippen LogP contribution in [0.2, 0.25) is 0 Å². The van der Waals surface area contributed by atoms with Crippen LogP contribution in [0.4, 0.5) is 5.69 Å². The summed E-state index contributed by atoms with van der Waals surface area (Å²) >= 11 is 9.77. The minimum Gasteiger partial charge on any atom is -0.507 e. The molecule has 2 N–H and O–H groups in total. The summed E-state index contributed by atoms with van der Waals surface area (Å²) in [4.78, 5) is 25.4. The first-order chi connectivity index (χ1) is 11.9. The van der Waals surface area contributed by atoms with E-state index in [4.69, 9.17) is 17.3 Å². The van der Waals surface area contributed by atoms with E-state index in [-0.39, 0.29) is 11.5 Å². The molecule has 2 aromatic rings. The van der Waals surface area contributed by atoms with Gasteiger partial charge in [0.05, 0.1) is 10.6 Å². The van der Waals surface area contributed by atoms with E-state index in [1.807, 2.05) is 24.3 Å². The van der Waals surface area contributed by atoms with Gasteiger partial charge in [0.2, 0.25) is 0 Å². The number of carboxylic acid groups (broad SMARTS) is 1. The van der Waals surface area contributed by atoms with Crippen molar-refractivity contribution in [1.29, 1.82) is 0 Å². The van der Waals surface area contributed by atoms with E-state index >= 15 is 0 Å². The van der Waals surface area contributed by atoms with Gasteiger partial charge in [0.25, 0.3) is 5.91 Å². The predicted molar refractivity (Wildman–Crippen MR) is 105 cm³/mol. The maximum Gasteiger partial charge on any atom is 0.339 e. The number of thioether (sulfide) groups is 1. The Morgan fingerprint density at radius 2 is 1.88 bits per heavy atom. The molecule has 0 aromatic heterocycles. The first-order valence-corrected chi connectivity index (χ1v) is 8.98. The second-order valence-electron chi connectivity index (χ2n) is 5.08. The minimum absolute atomic E-state index is 0.236. The molecule has 1 aliphatic heterocycles. The highest BCUT2D eigenvalue weighted by Crippen LogP contribution is 2.37. The lowest BCUT2D eigenvalue weighted by Crippen LogP contribution is -2.27. The summed E-state index contributed by atoms with van der Waals surface area (Å²) in [5, 5.41) is 18.8. The zero-order valence-electron chi connectivity index (χ0n) is 12.5. The average Bonchev–Trinajstić information content (AvgIpc) is 2.83. The van der Waals surface area contributed by atoms with E-state index in [0.29, 0.717) is 14.9 Å². The third-order valence-corrected chi connectivity index (χ3v) is 5.26. The van der Waals surface area contributed by atoms with E-state index < -0.39 is 11.7 Å². The van der Waals surface area contributed by atoms with Gasteiger partial charge in [0.15, 0.2) is 4.32 Å². The van der Waals surface area contributed by atoms with Crippen LogP contribution in [0, 0.1) is 0 Å². The molecule has 1 fully saturated rings. The van der Waals surface area contributed by atoms with Crippen LogP contribution in [-0.4, -0.2) is 26.4 Å². The topological polar surface area (TPSA) is 77.8 Å². The number of amides is 1. The van der Waals surface area contributed by atoms with Crippen molar-refractivity contribution in [2.24, 2.45) is 0 Å². The molecule has 1 saturated heterocycles. The Bertz CT molecular complexity index is 925. The number of aromatic hydroxyl groups is 1. The summed E-state index contributed by atoms with van der Waals surface area (Å²) < 4.78 is 1.25. The number of anilines is 1. The van der Waals surface area contributed by atoms with Gasteiger partial charge in [-0.3, -0.25) is 9.69 Å². The van der Waals surface area contributed by atoms with Crippen molar-refractivity contribution in [3.63, 3.8) is 0 Å². The number of hydrogen-bond acceptors (Lipinski definition) is 5. The molecule has 1 heterocycles. The fourth-order valence-corrected chi connectivity index (χ4v) is 3.80. The van der Waals surface area contributed by atoms with Crippen LogP contribution >= 0.6 is 39.9 Å². The maximum absolute atomic E-state index is 12.7. The first kappa shape index (κ1) is 17.7. The van der Waals surface area contributed by atoms with Crippen molar-refractivity contribution in [2.75, 3.05) is 4.90 Å². The fraction of sp³-hybridized carbons (Fsp3) is 0. The molecule has 0 aliphatic carbocycles. The number of phenols is 1. The number of rotatable bonds is 3. The van der Waals surface area contributed by atoms with Crippen LogP contribution in [0.3, 0.4) is 0 Å². The van der Waals surface area contributed by atoms with Gasteiger partial charge in [-0.15, -0.1) is 0 Å². The number of benzene rings is 2. The van der Waals surface area contributed by atoms with Gasteiger partial charge in [-0.05, 0) is 35.9 Å².